The molecule has 0 bridgehead atoms. The van der Waals surface area contributed by atoms with E-state index in [1.54, 1.807) is 13.8 Å². The van der Waals surface area contributed by atoms with Crippen LogP contribution in [0.3, 0.4) is 0 Å². The maximum Gasteiger partial charge on any atom is 0.271 e. The van der Waals surface area contributed by atoms with Gasteiger partial charge in [0.15, 0.2) is 0 Å². The van der Waals surface area contributed by atoms with Crippen LogP contribution >= 0.6 is 0 Å². The van der Waals surface area contributed by atoms with Crippen molar-refractivity contribution < 1.29 is 18.4 Å². The second-order valence-electron chi connectivity index (χ2n) is 5.63. The van der Waals surface area contributed by atoms with Gasteiger partial charge in [-0.05, 0) is 37.8 Å². The molecule has 1 fully saturated rings. The first-order chi connectivity index (χ1) is 9.71. The summed E-state index contributed by atoms with van der Waals surface area (Å²) in [5, 5.41) is 20.1. The summed E-state index contributed by atoms with van der Waals surface area (Å²) in [5.74, 6) is 0. The Morgan fingerprint density at radius 1 is 1.38 bits per heavy atom. The Hall–Kier alpha value is -1.51. The van der Waals surface area contributed by atoms with E-state index in [2.05, 4.69) is 4.72 Å². The first-order valence-corrected chi connectivity index (χ1v) is 8.05. The number of nitrogens with one attached hydrogen (secondary N) is 1. The van der Waals surface area contributed by atoms with Crippen molar-refractivity contribution in [3.8, 4) is 0 Å². The average Bonchev–Trinajstić information content (AvgIpc) is 3.20. The zero-order valence-corrected chi connectivity index (χ0v) is 12.7. The van der Waals surface area contributed by atoms with Crippen molar-refractivity contribution in [1.82, 2.24) is 4.72 Å². The summed E-state index contributed by atoms with van der Waals surface area (Å²) in [5.41, 5.74) is 0.424. The SMILES string of the molecule is Cc1cc([N+](=O)[O-])cc(S(=O)(=O)NCC2(CO)CC2)c1C. The van der Waals surface area contributed by atoms with E-state index in [1.165, 1.54) is 6.07 Å². The fourth-order valence-electron chi connectivity index (χ4n) is 2.09. The minimum absolute atomic E-state index is 0.0670. The molecule has 0 aromatic heterocycles. The third-order valence-electron chi connectivity index (χ3n) is 4.03. The van der Waals surface area contributed by atoms with Crippen molar-refractivity contribution in [3.05, 3.63) is 33.4 Å². The number of aryl methyl sites for hydroxylation is 1. The van der Waals surface area contributed by atoms with Gasteiger partial charge in [-0.2, -0.15) is 0 Å². The van der Waals surface area contributed by atoms with Gasteiger partial charge < -0.3 is 5.11 Å². The second kappa shape index (κ2) is 5.36. The average molecular weight is 314 g/mol. The predicted octanol–water partition coefficient (Wildman–Crippen LogP) is 1.26. The lowest BCUT2D eigenvalue weighted by atomic mass is 10.1. The highest BCUT2D eigenvalue weighted by molar-refractivity contribution is 7.89. The van der Waals surface area contributed by atoms with Gasteiger partial charge in [0.2, 0.25) is 10.0 Å². The molecule has 0 heterocycles. The Bertz CT molecular complexity index is 680. The highest BCUT2D eigenvalue weighted by Crippen LogP contribution is 2.44. The van der Waals surface area contributed by atoms with E-state index < -0.39 is 14.9 Å². The van der Waals surface area contributed by atoms with Crippen molar-refractivity contribution >= 4 is 15.7 Å². The summed E-state index contributed by atoms with van der Waals surface area (Å²) >= 11 is 0. The predicted molar refractivity (Wildman–Crippen MR) is 76.5 cm³/mol. The summed E-state index contributed by atoms with van der Waals surface area (Å²) in [6, 6.07) is 2.42. The molecule has 116 valence electrons. The molecule has 0 saturated heterocycles. The van der Waals surface area contributed by atoms with Crippen molar-refractivity contribution in [3.63, 3.8) is 0 Å². The normalized spacial score (nSPS) is 16.7. The first kappa shape index (κ1) is 15.9. The van der Waals surface area contributed by atoms with Crippen molar-refractivity contribution in [1.29, 1.82) is 0 Å². The number of non-ortho nitro benzene ring substituents is 1. The van der Waals surface area contributed by atoms with E-state index >= 15 is 0 Å². The molecule has 1 saturated carbocycles. The Balaban J connectivity index is 2.33. The van der Waals surface area contributed by atoms with Gasteiger partial charge in [0.25, 0.3) is 5.69 Å². The van der Waals surface area contributed by atoms with E-state index in [4.69, 9.17) is 0 Å². The molecule has 1 aliphatic carbocycles. The van der Waals surface area contributed by atoms with Gasteiger partial charge >= 0.3 is 0 Å². The molecule has 0 spiro atoms. The minimum Gasteiger partial charge on any atom is -0.396 e. The first-order valence-electron chi connectivity index (χ1n) is 6.57. The van der Waals surface area contributed by atoms with Crippen molar-refractivity contribution in [2.75, 3.05) is 13.2 Å². The zero-order chi connectivity index (χ0) is 15.8. The molecule has 0 aliphatic heterocycles. The van der Waals surface area contributed by atoms with E-state index in [-0.39, 0.29) is 29.1 Å². The van der Waals surface area contributed by atoms with E-state index in [0.717, 1.165) is 18.9 Å². The number of nitrogens with zero attached hydrogens (tertiary/aromatic N) is 1. The smallest absolute Gasteiger partial charge is 0.271 e. The molecular weight excluding hydrogens is 296 g/mol. The van der Waals surface area contributed by atoms with E-state index in [1.807, 2.05) is 0 Å². The van der Waals surface area contributed by atoms with Gasteiger partial charge in [-0.25, -0.2) is 13.1 Å². The topological polar surface area (TPSA) is 110 Å². The largest absolute Gasteiger partial charge is 0.396 e. The Labute approximate surface area is 123 Å². The van der Waals surface area contributed by atoms with E-state index in [0.29, 0.717) is 11.1 Å². The van der Waals surface area contributed by atoms with Crippen LogP contribution in [0.1, 0.15) is 24.0 Å². The highest BCUT2D eigenvalue weighted by atomic mass is 32.2. The number of hydrogen-bond acceptors (Lipinski definition) is 5. The molecule has 1 aromatic carbocycles. The van der Waals surface area contributed by atoms with Crippen LogP contribution in [-0.2, 0) is 10.0 Å². The Morgan fingerprint density at radius 3 is 2.48 bits per heavy atom. The zero-order valence-electron chi connectivity index (χ0n) is 11.9. The summed E-state index contributed by atoms with van der Waals surface area (Å²) in [6.07, 6.45) is 1.55. The molecule has 1 aromatic rings. The van der Waals surface area contributed by atoms with E-state index in [9.17, 15) is 23.6 Å². The minimum atomic E-state index is -3.84. The number of sulfonamides is 1. The van der Waals surface area contributed by atoms with Gasteiger partial charge in [0.05, 0.1) is 9.82 Å². The molecule has 0 radical (unpaired) electrons. The maximum absolute atomic E-state index is 12.4. The summed E-state index contributed by atoms with van der Waals surface area (Å²) in [4.78, 5) is 10.2. The fourth-order valence-corrected chi connectivity index (χ4v) is 3.58. The molecule has 8 heteroatoms. The van der Waals surface area contributed by atoms with Gasteiger partial charge in [-0.1, -0.05) is 0 Å². The van der Waals surface area contributed by atoms with Crippen molar-refractivity contribution in [2.24, 2.45) is 5.41 Å². The monoisotopic (exact) mass is 314 g/mol. The number of rotatable bonds is 6. The Kier molecular flexibility index (Phi) is 4.05. The third-order valence-corrected chi connectivity index (χ3v) is 5.56. The van der Waals surface area contributed by atoms with Crippen LogP contribution in [0.4, 0.5) is 5.69 Å². The Morgan fingerprint density at radius 2 is 2.00 bits per heavy atom. The number of aliphatic hydroxyl groups excluding tert-OH is 1. The maximum atomic E-state index is 12.4. The fraction of sp³-hybridized carbons (Fsp3) is 0.538. The van der Waals surface area contributed by atoms with Crippen LogP contribution in [-0.4, -0.2) is 31.6 Å². The van der Waals surface area contributed by atoms with Gasteiger partial charge in [-0.15, -0.1) is 0 Å². The lowest BCUT2D eigenvalue weighted by Crippen LogP contribution is -2.32. The van der Waals surface area contributed by atoms with Gasteiger partial charge in [0.1, 0.15) is 0 Å². The molecule has 0 amide bonds. The molecule has 0 atom stereocenters. The van der Waals surface area contributed by atoms with Crippen LogP contribution < -0.4 is 4.72 Å². The highest BCUT2D eigenvalue weighted by Gasteiger charge is 2.42. The number of benzene rings is 1. The van der Waals surface area contributed by atoms with Gasteiger partial charge in [-0.3, -0.25) is 10.1 Å². The second-order valence-corrected chi connectivity index (χ2v) is 7.36. The number of nitro benzene ring substituents is 1. The van der Waals surface area contributed by atoms with Gasteiger partial charge in [0, 0.05) is 30.7 Å². The van der Waals surface area contributed by atoms with Crippen LogP contribution in [0, 0.1) is 29.4 Å². The molecule has 2 N–H and O–H groups in total. The lowest BCUT2D eigenvalue weighted by molar-refractivity contribution is -0.385. The van der Waals surface area contributed by atoms with Crippen LogP contribution in [0.2, 0.25) is 0 Å². The lowest BCUT2D eigenvalue weighted by Gasteiger charge is -2.15. The van der Waals surface area contributed by atoms with Crippen LogP contribution in [0.25, 0.3) is 0 Å². The summed E-state index contributed by atoms with van der Waals surface area (Å²) in [6.45, 7) is 3.33. The van der Waals surface area contributed by atoms with Crippen LogP contribution in [0.15, 0.2) is 17.0 Å². The third kappa shape index (κ3) is 3.22. The molecule has 7 nitrogen and oxygen atoms in total. The molecule has 2 rings (SSSR count). The molecule has 21 heavy (non-hydrogen) atoms. The molecule has 1 aliphatic rings. The summed E-state index contributed by atoms with van der Waals surface area (Å²) < 4.78 is 27.2. The standard InChI is InChI=1S/C13H18N2O5S/c1-9-5-11(15(17)18)6-12(10(9)2)21(19,20)14-7-13(8-16)3-4-13/h5-6,14,16H,3-4,7-8H2,1-2H3. The number of nitro groups is 1. The summed E-state index contributed by atoms with van der Waals surface area (Å²) in [7, 11) is -3.84. The number of aliphatic hydroxyl groups is 1. The molecular formula is C13H18N2O5S. The molecule has 0 unspecified atom stereocenters. The van der Waals surface area contributed by atoms with Crippen molar-refractivity contribution in [2.45, 2.75) is 31.6 Å². The quantitative estimate of drug-likeness (QED) is 0.607. The number of hydrogen-bond donors (Lipinski definition) is 2. The van der Waals surface area contributed by atoms with Crippen LogP contribution in [0.5, 0.6) is 0 Å².